The maximum absolute atomic E-state index is 12.4. The van der Waals surface area contributed by atoms with Crippen LogP contribution in [0, 0.1) is 23.7 Å². The van der Waals surface area contributed by atoms with E-state index in [1.807, 2.05) is 6.07 Å². The Bertz CT molecular complexity index is 673. The second-order valence-corrected chi connectivity index (χ2v) is 7.42. The van der Waals surface area contributed by atoms with E-state index in [0.29, 0.717) is 5.56 Å². The largest absolute Gasteiger partial charge is 0.461 e. The van der Waals surface area contributed by atoms with E-state index in [1.165, 1.54) is 0 Å². The fraction of sp³-hybridized carbons (Fsp3) is 0.471. The number of fused-ring (bicyclic) bond motifs is 1. The van der Waals surface area contributed by atoms with Gasteiger partial charge in [-0.1, -0.05) is 46.3 Å². The van der Waals surface area contributed by atoms with E-state index in [4.69, 9.17) is 9.47 Å². The minimum atomic E-state index is -0.501. The summed E-state index contributed by atoms with van der Waals surface area (Å²) in [5.74, 6) is -1.78. The van der Waals surface area contributed by atoms with Gasteiger partial charge in [-0.3, -0.25) is 14.4 Å². The second-order valence-electron chi connectivity index (χ2n) is 6.36. The third-order valence-corrected chi connectivity index (χ3v) is 6.44. The summed E-state index contributed by atoms with van der Waals surface area (Å²) in [7, 11) is 0. The molecule has 0 radical (unpaired) electrons. The number of ketones is 1. The predicted molar refractivity (Wildman–Crippen MR) is 82.9 cm³/mol. The van der Waals surface area contributed by atoms with Crippen molar-refractivity contribution in [1.82, 2.24) is 0 Å². The fourth-order valence-corrected chi connectivity index (χ4v) is 5.28. The molecule has 3 fully saturated rings. The van der Waals surface area contributed by atoms with Crippen molar-refractivity contribution in [2.24, 2.45) is 23.7 Å². The first-order valence-electron chi connectivity index (χ1n) is 7.67. The van der Waals surface area contributed by atoms with Crippen LogP contribution < -0.4 is 0 Å². The van der Waals surface area contributed by atoms with Crippen molar-refractivity contribution in [3.05, 3.63) is 35.9 Å². The Labute approximate surface area is 141 Å². The van der Waals surface area contributed by atoms with E-state index >= 15 is 0 Å². The monoisotopic (exact) mass is 378 g/mol. The zero-order valence-corrected chi connectivity index (χ0v) is 13.8. The zero-order chi connectivity index (χ0) is 16.1. The maximum atomic E-state index is 12.4. The van der Waals surface area contributed by atoms with Gasteiger partial charge in [0, 0.05) is 11.5 Å². The van der Waals surface area contributed by atoms with E-state index in [0.717, 1.165) is 6.42 Å². The van der Waals surface area contributed by atoms with Gasteiger partial charge < -0.3 is 9.47 Å². The number of Topliss-reactive ketones (excluding diaryl/α,β-unsaturated/α-hetero) is 1. The smallest absolute Gasteiger partial charge is 0.310 e. The molecule has 1 heterocycles. The Morgan fingerprint density at radius 3 is 2.70 bits per heavy atom. The highest BCUT2D eigenvalue weighted by molar-refractivity contribution is 9.09. The summed E-state index contributed by atoms with van der Waals surface area (Å²) in [5.41, 5.74) is 0.506. The van der Waals surface area contributed by atoms with Crippen molar-refractivity contribution in [1.29, 1.82) is 0 Å². The minimum Gasteiger partial charge on any atom is -0.461 e. The van der Waals surface area contributed by atoms with Crippen LogP contribution >= 0.6 is 15.9 Å². The third-order valence-electron chi connectivity index (χ3n) is 5.24. The van der Waals surface area contributed by atoms with Crippen LogP contribution in [0.15, 0.2) is 30.3 Å². The molecule has 2 saturated carbocycles. The van der Waals surface area contributed by atoms with Crippen molar-refractivity contribution >= 4 is 33.7 Å². The van der Waals surface area contributed by atoms with Crippen molar-refractivity contribution < 1.29 is 23.9 Å². The van der Waals surface area contributed by atoms with Gasteiger partial charge in [-0.2, -0.15) is 0 Å². The van der Waals surface area contributed by atoms with Crippen LogP contribution in [0.3, 0.4) is 0 Å². The Morgan fingerprint density at radius 1 is 1.22 bits per heavy atom. The fourth-order valence-electron chi connectivity index (χ4n) is 4.23. The van der Waals surface area contributed by atoms with Gasteiger partial charge in [-0.05, 0) is 12.3 Å². The normalized spacial score (nSPS) is 36.8. The topological polar surface area (TPSA) is 69.7 Å². The molecule has 0 amide bonds. The molecule has 120 valence electrons. The highest BCUT2D eigenvalue weighted by atomic mass is 79.9. The molecule has 6 atom stereocenters. The van der Waals surface area contributed by atoms with Gasteiger partial charge in [-0.25, -0.2) is 0 Å². The number of alkyl halides is 1. The summed E-state index contributed by atoms with van der Waals surface area (Å²) in [5, 5.41) is 0. The third kappa shape index (κ3) is 2.23. The molecule has 1 aromatic rings. The molecule has 1 aromatic carbocycles. The quantitative estimate of drug-likeness (QED) is 0.455. The summed E-state index contributed by atoms with van der Waals surface area (Å²) in [6, 6.07) is 8.70. The van der Waals surface area contributed by atoms with Crippen molar-refractivity contribution in [2.75, 3.05) is 6.61 Å². The molecule has 3 aliphatic rings. The number of rotatable bonds is 4. The van der Waals surface area contributed by atoms with E-state index in [2.05, 4.69) is 15.9 Å². The molecule has 0 unspecified atom stereocenters. The number of esters is 2. The SMILES string of the molecule is O=C(COC(=O)[C@@H]1[C@H]2C[C@H]3[C@H](OC(=O)[C@H]31)[C@@H]2Br)c1ccccc1. The molecule has 5 nitrogen and oxygen atoms in total. The van der Waals surface area contributed by atoms with E-state index in [1.54, 1.807) is 24.3 Å². The van der Waals surface area contributed by atoms with Crippen molar-refractivity contribution in [2.45, 2.75) is 17.4 Å². The van der Waals surface area contributed by atoms with Crippen LogP contribution in [0.5, 0.6) is 0 Å². The minimum absolute atomic E-state index is 0.00225. The van der Waals surface area contributed by atoms with Gasteiger partial charge in [0.1, 0.15) is 6.10 Å². The van der Waals surface area contributed by atoms with Gasteiger partial charge >= 0.3 is 11.9 Å². The molecule has 6 heteroatoms. The molecule has 2 aliphatic carbocycles. The maximum Gasteiger partial charge on any atom is 0.310 e. The van der Waals surface area contributed by atoms with Crippen LogP contribution in [0.1, 0.15) is 16.8 Å². The number of carbonyl (C=O) groups is 3. The summed E-state index contributed by atoms with van der Waals surface area (Å²) >= 11 is 3.55. The number of halogens is 1. The first-order chi connectivity index (χ1) is 11.1. The lowest BCUT2D eigenvalue weighted by molar-refractivity contribution is -0.154. The second kappa shape index (κ2) is 5.44. The Balaban J connectivity index is 1.44. The number of hydrogen-bond acceptors (Lipinski definition) is 5. The predicted octanol–water partition coefficient (Wildman–Crippen LogP) is 1.98. The van der Waals surface area contributed by atoms with Crippen LogP contribution in [-0.2, 0) is 19.1 Å². The average Bonchev–Trinajstić information content (AvgIpc) is 3.17. The first kappa shape index (κ1) is 14.9. The van der Waals surface area contributed by atoms with Gasteiger partial charge in [0.15, 0.2) is 12.4 Å². The lowest BCUT2D eigenvalue weighted by atomic mass is 9.80. The summed E-state index contributed by atoms with van der Waals surface area (Å²) in [4.78, 5) is 36.5. The van der Waals surface area contributed by atoms with Crippen LogP contribution in [0.25, 0.3) is 0 Å². The van der Waals surface area contributed by atoms with E-state index < -0.39 is 17.8 Å². The number of ether oxygens (including phenoxy) is 2. The van der Waals surface area contributed by atoms with Gasteiger partial charge in [0.05, 0.1) is 16.7 Å². The Hall–Kier alpha value is -1.69. The molecule has 4 rings (SSSR count). The van der Waals surface area contributed by atoms with Gasteiger partial charge in [0.2, 0.25) is 0 Å². The lowest BCUT2D eigenvalue weighted by Crippen LogP contribution is -2.39. The number of benzene rings is 1. The molecule has 1 saturated heterocycles. The molecular weight excluding hydrogens is 364 g/mol. The van der Waals surface area contributed by atoms with E-state index in [9.17, 15) is 14.4 Å². The molecule has 0 N–H and O–H groups in total. The Morgan fingerprint density at radius 2 is 1.96 bits per heavy atom. The van der Waals surface area contributed by atoms with Crippen LogP contribution in [-0.4, -0.2) is 35.3 Å². The number of hydrogen-bond donors (Lipinski definition) is 0. The molecule has 1 aliphatic heterocycles. The van der Waals surface area contributed by atoms with Crippen LogP contribution in [0.4, 0.5) is 0 Å². The molecular formula is C17H15BrO5. The molecule has 0 spiro atoms. The van der Waals surface area contributed by atoms with Crippen molar-refractivity contribution in [3.63, 3.8) is 0 Å². The highest BCUT2D eigenvalue weighted by Gasteiger charge is 2.68. The van der Waals surface area contributed by atoms with Gasteiger partial charge in [-0.15, -0.1) is 0 Å². The molecule has 0 aromatic heterocycles. The first-order valence-corrected chi connectivity index (χ1v) is 8.59. The van der Waals surface area contributed by atoms with Gasteiger partial charge in [0.25, 0.3) is 0 Å². The molecule has 2 bridgehead atoms. The highest BCUT2D eigenvalue weighted by Crippen LogP contribution is 2.60. The number of carbonyl (C=O) groups excluding carboxylic acids is 3. The lowest BCUT2D eigenvalue weighted by Gasteiger charge is -2.26. The summed E-state index contributed by atoms with van der Waals surface area (Å²) in [6.45, 7) is -0.297. The Kier molecular flexibility index (Phi) is 3.52. The van der Waals surface area contributed by atoms with Crippen molar-refractivity contribution in [3.8, 4) is 0 Å². The van der Waals surface area contributed by atoms with Crippen LogP contribution in [0.2, 0.25) is 0 Å². The standard InChI is InChI=1S/C17H15BrO5/c18-14-9-6-10-13(17(21)23-15(10)14)12(9)16(20)22-7-11(19)8-4-2-1-3-5-8/h1-5,9-10,12-15H,6-7H2/t9-,10-,12-,13-,14-,15+/m1/s1. The average molecular weight is 379 g/mol. The zero-order valence-electron chi connectivity index (χ0n) is 12.2. The molecule has 23 heavy (non-hydrogen) atoms. The summed E-state index contributed by atoms with van der Waals surface area (Å²) < 4.78 is 10.6. The summed E-state index contributed by atoms with van der Waals surface area (Å²) in [6.07, 6.45) is 0.677. The van der Waals surface area contributed by atoms with E-state index in [-0.39, 0.29) is 41.1 Å².